The Hall–Kier alpha value is -2.69. The Kier molecular flexibility index (Phi) is 4.99. The molecule has 4 rings (SSSR count). The lowest BCUT2D eigenvalue weighted by Crippen LogP contribution is -2.57. The molecular formula is C20H22ClN5O4S. The fourth-order valence-corrected chi connectivity index (χ4v) is 5.04. The van der Waals surface area contributed by atoms with Crippen molar-refractivity contribution in [3.05, 3.63) is 35.6 Å². The Morgan fingerprint density at radius 2 is 2.00 bits per heavy atom. The smallest absolute Gasteiger partial charge is 0.258 e. The third kappa shape index (κ3) is 3.64. The van der Waals surface area contributed by atoms with Gasteiger partial charge in [-0.1, -0.05) is 17.7 Å². The first kappa shape index (κ1) is 21.5. The van der Waals surface area contributed by atoms with Crippen molar-refractivity contribution >= 4 is 44.4 Å². The van der Waals surface area contributed by atoms with E-state index in [0.29, 0.717) is 21.8 Å². The first-order chi connectivity index (χ1) is 14.4. The molecule has 0 bridgehead atoms. The van der Waals surface area contributed by atoms with E-state index in [2.05, 4.69) is 10.1 Å². The van der Waals surface area contributed by atoms with Gasteiger partial charge < -0.3 is 15.4 Å². The molecule has 11 heteroatoms. The maximum Gasteiger partial charge on any atom is 0.258 e. The van der Waals surface area contributed by atoms with Crippen LogP contribution in [0.3, 0.4) is 0 Å². The number of hydrogen-bond acceptors (Lipinski definition) is 7. The van der Waals surface area contributed by atoms with Crippen LogP contribution in [0.1, 0.15) is 20.8 Å². The molecule has 9 nitrogen and oxygen atoms in total. The van der Waals surface area contributed by atoms with Crippen LogP contribution in [0.4, 0.5) is 11.5 Å². The molecule has 1 atom stereocenters. The molecule has 0 radical (unpaired) electrons. The van der Waals surface area contributed by atoms with Crippen LogP contribution in [0, 0.1) is 0 Å². The Labute approximate surface area is 184 Å². The minimum Gasteiger partial charge on any atom is -0.382 e. The van der Waals surface area contributed by atoms with Gasteiger partial charge in [0.15, 0.2) is 15.7 Å². The third-order valence-corrected chi connectivity index (χ3v) is 6.61. The number of benzene rings is 1. The molecule has 1 unspecified atom stereocenters. The highest BCUT2D eigenvalue weighted by molar-refractivity contribution is 7.90. The van der Waals surface area contributed by atoms with E-state index in [1.54, 1.807) is 32.0 Å². The van der Waals surface area contributed by atoms with Crippen LogP contribution < -0.4 is 10.6 Å². The molecule has 1 aromatic carbocycles. The monoisotopic (exact) mass is 463 g/mol. The minimum atomic E-state index is -3.62. The first-order valence-electron chi connectivity index (χ1n) is 9.52. The summed E-state index contributed by atoms with van der Waals surface area (Å²) in [5.74, 6) is -0.101. The minimum absolute atomic E-state index is 0.0515. The molecule has 1 fully saturated rings. The number of nitrogens with zero attached hydrogens (tertiary/aromatic N) is 4. The van der Waals surface area contributed by atoms with Crippen LogP contribution in [-0.2, 0) is 19.4 Å². The van der Waals surface area contributed by atoms with Gasteiger partial charge >= 0.3 is 0 Å². The van der Waals surface area contributed by atoms with Gasteiger partial charge in [0.1, 0.15) is 17.4 Å². The van der Waals surface area contributed by atoms with Crippen molar-refractivity contribution in [3.8, 4) is 11.3 Å². The summed E-state index contributed by atoms with van der Waals surface area (Å²) < 4.78 is 32.3. The first-order valence-corrected chi connectivity index (χ1v) is 11.8. The molecule has 1 aliphatic rings. The van der Waals surface area contributed by atoms with Crippen molar-refractivity contribution in [2.24, 2.45) is 0 Å². The number of ether oxygens (including phenoxy) is 1. The number of carbonyl (C=O) groups is 1. The lowest BCUT2D eigenvalue weighted by Gasteiger charge is -2.41. The van der Waals surface area contributed by atoms with Gasteiger partial charge in [0.2, 0.25) is 0 Å². The molecule has 2 N–H and O–H groups in total. The van der Waals surface area contributed by atoms with E-state index in [0.717, 1.165) is 6.26 Å². The van der Waals surface area contributed by atoms with Crippen molar-refractivity contribution in [1.82, 2.24) is 14.6 Å². The maximum atomic E-state index is 13.1. The fourth-order valence-electron chi connectivity index (χ4n) is 3.89. The number of anilines is 2. The van der Waals surface area contributed by atoms with Gasteiger partial charge in [0.05, 0.1) is 33.9 Å². The summed E-state index contributed by atoms with van der Waals surface area (Å²) in [6.07, 6.45) is 2.14. The topological polar surface area (TPSA) is 120 Å². The second-order valence-electron chi connectivity index (χ2n) is 8.09. The predicted molar refractivity (Wildman–Crippen MR) is 118 cm³/mol. The third-order valence-electron chi connectivity index (χ3n) is 5.18. The highest BCUT2D eigenvalue weighted by atomic mass is 35.5. The number of hydrogen-bond donors (Lipinski definition) is 1. The summed E-state index contributed by atoms with van der Waals surface area (Å²) in [7, 11) is -3.62. The Morgan fingerprint density at radius 3 is 2.68 bits per heavy atom. The number of rotatable bonds is 3. The van der Waals surface area contributed by atoms with Crippen molar-refractivity contribution in [2.45, 2.75) is 37.4 Å². The molecule has 3 heterocycles. The number of nitrogens with two attached hydrogens (primary N) is 1. The molecule has 1 aliphatic heterocycles. The van der Waals surface area contributed by atoms with Crippen LogP contribution >= 0.6 is 11.6 Å². The van der Waals surface area contributed by atoms with Crippen LogP contribution in [0.5, 0.6) is 0 Å². The van der Waals surface area contributed by atoms with Gasteiger partial charge in [0.25, 0.3) is 5.91 Å². The highest BCUT2D eigenvalue weighted by Crippen LogP contribution is 2.37. The highest BCUT2D eigenvalue weighted by Gasteiger charge is 2.41. The Balaban J connectivity index is 1.95. The number of amides is 1. The summed E-state index contributed by atoms with van der Waals surface area (Å²) in [6, 6.07) is 6.46. The lowest BCUT2D eigenvalue weighted by molar-refractivity contribution is -0.153. The predicted octanol–water partition coefficient (Wildman–Crippen LogP) is 2.57. The van der Waals surface area contributed by atoms with Gasteiger partial charge in [0, 0.05) is 11.8 Å². The molecule has 2 aromatic heterocycles. The van der Waals surface area contributed by atoms with E-state index < -0.39 is 15.4 Å². The zero-order valence-corrected chi connectivity index (χ0v) is 19.0. The SMILES string of the molecule is CC1CN(c2cc(-c3cc(Cl)c4c(N)ncnn34)ccc2S(C)(=O)=O)C(=O)C(C)(C)O1. The zero-order chi connectivity index (χ0) is 22.7. The normalized spacial score (nSPS) is 19.2. The van der Waals surface area contributed by atoms with E-state index in [4.69, 9.17) is 22.1 Å². The Bertz CT molecular complexity index is 1320. The zero-order valence-electron chi connectivity index (χ0n) is 17.5. The van der Waals surface area contributed by atoms with Crippen molar-refractivity contribution in [1.29, 1.82) is 0 Å². The summed E-state index contributed by atoms with van der Waals surface area (Å²) in [5, 5.41) is 4.59. The number of morpholine rings is 1. The quantitative estimate of drug-likeness (QED) is 0.633. The Morgan fingerprint density at radius 1 is 1.29 bits per heavy atom. The van der Waals surface area contributed by atoms with Crippen molar-refractivity contribution in [2.75, 3.05) is 23.4 Å². The number of sulfone groups is 1. The number of fused-ring (bicyclic) bond motifs is 1. The molecular weight excluding hydrogens is 442 g/mol. The van der Waals surface area contributed by atoms with Crippen molar-refractivity contribution < 1.29 is 17.9 Å². The van der Waals surface area contributed by atoms with Gasteiger partial charge in [-0.2, -0.15) is 5.10 Å². The number of carbonyl (C=O) groups excluding carboxylic acids is 1. The summed E-state index contributed by atoms with van der Waals surface area (Å²) >= 11 is 6.35. The number of nitrogen functional groups attached to an aromatic ring is 1. The molecule has 0 aliphatic carbocycles. The van der Waals surface area contributed by atoms with Crippen LogP contribution in [0.2, 0.25) is 5.02 Å². The summed E-state index contributed by atoms with van der Waals surface area (Å²) in [5.41, 5.74) is 6.78. The van der Waals surface area contributed by atoms with Crippen LogP contribution in [-0.4, -0.2) is 53.4 Å². The number of halogens is 1. The second-order valence-corrected chi connectivity index (χ2v) is 10.5. The fraction of sp³-hybridized carbons (Fsp3) is 0.350. The van der Waals surface area contributed by atoms with E-state index in [9.17, 15) is 13.2 Å². The molecule has 3 aromatic rings. The standard InChI is InChI=1S/C20H22ClN5O4S/c1-11-9-25(19(27)20(2,3)30-11)15-7-12(5-6-16(15)31(4,28)29)14-8-13(21)17-18(22)23-10-24-26(14)17/h5-8,10-11H,9H2,1-4H3,(H2,22,23,24). The molecule has 164 valence electrons. The molecule has 0 saturated carbocycles. The molecule has 1 saturated heterocycles. The molecule has 1 amide bonds. The van der Waals surface area contributed by atoms with Crippen LogP contribution in [0.25, 0.3) is 16.8 Å². The van der Waals surface area contributed by atoms with Gasteiger partial charge in [-0.05, 0) is 39.0 Å². The van der Waals surface area contributed by atoms with E-state index >= 15 is 0 Å². The summed E-state index contributed by atoms with van der Waals surface area (Å²) in [4.78, 5) is 18.6. The van der Waals surface area contributed by atoms with Crippen LogP contribution in [0.15, 0.2) is 35.5 Å². The summed E-state index contributed by atoms with van der Waals surface area (Å²) in [6.45, 7) is 5.40. The van der Waals surface area contributed by atoms with Gasteiger partial charge in [-0.15, -0.1) is 0 Å². The lowest BCUT2D eigenvalue weighted by atomic mass is 10.0. The largest absolute Gasteiger partial charge is 0.382 e. The average Bonchev–Trinajstić information content (AvgIpc) is 3.01. The van der Waals surface area contributed by atoms with E-state index in [1.165, 1.54) is 21.8 Å². The van der Waals surface area contributed by atoms with Crippen molar-refractivity contribution in [3.63, 3.8) is 0 Å². The maximum absolute atomic E-state index is 13.1. The second kappa shape index (κ2) is 7.18. The molecule has 0 spiro atoms. The van der Waals surface area contributed by atoms with Gasteiger partial charge in [-0.25, -0.2) is 17.9 Å². The number of aromatic nitrogens is 3. The van der Waals surface area contributed by atoms with E-state index in [-0.39, 0.29) is 35.0 Å². The average molecular weight is 464 g/mol. The molecule has 31 heavy (non-hydrogen) atoms. The van der Waals surface area contributed by atoms with E-state index in [1.807, 2.05) is 6.92 Å². The van der Waals surface area contributed by atoms with Gasteiger partial charge in [-0.3, -0.25) is 4.79 Å².